The SMILES string of the molecule is Cc1nn(C)cc1CN1CCc2nc3sccc3c(=O)n2CC1. The first-order valence-corrected chi connectivity index (χ1v) is 8.68. The quantitative estimate of drug-likeness (QED) is 0.716. The van der Waals surface area contributed by atoms with Gasteiger partial charge in [0.2, 0.25) is 0 Å². The van der Waals surface area contributed by atoms with Crippen LogP contribution < -0.4 is 5.56 Å². The second-order valence-corrected chi connectivity index (χ2v) is 6.96. The van der Waals surface area contributed by atoms with Crippen molar-refractivity contribution in [2.75, 3.05) is 13.1 Å². The van der Waals surface area contributed by atoms with E-state index in [0.29, 0.717) is 6.54 Å². The molecule has 0 aliphatic carbocycles. The minimum Gasteiger partial charge on any atom is -0.297 e. The molecule has 23 heavy (non-hydrogen) atoms. The fourth-order valence-corrected chi connectivity index (χ4v) is 4.00. The molecule has 0 amide bonds. The summed E-state index contributed by atoms with van der Waals surface area (Å²) < 4.78 is 3.71. The lowest BCUT2D eigenvalue weighted by Gasteiger charge is -2.18. The summed E-state index contributed by atoms with van der Waals surface area (Å²) in [6.07, 6.45) is 2.89. The molecular formula is C16H19N5OS. The molecule has 0 saturated carbocycles. The van der Waals surface area contributed by atoms with Gasteiger partial charge in [0.05, 0.1) is 11.1 Å². The lowest BCUT2D eigenvalue weighted by Crippen LogP contribution is -2.28. The summed E-state index contributed by atoms with van der Waals surface area (Å²) in [6.45, 7) is 5.39. The van der Waals surface area contributed by atoms with Gasteiger partial charge in [0.1, 0.15) is 10.7 Å². The lowest BCUT2D eigenvalue weighted by molar-refractivity contribution is 0.270. The molecule has 7 heteroatoms. The Morgan fingerprint density at radius 2 is 2.17 bits per heavy atom. The highest BCUT2D eigenvalue weighted by Gasteiger charge is 2.19. The monoisotopic (exact) mass is 329 g/mol. The fourth-order valence-electron chi connectivity index (χ4n) is 3.23. The van der Waals surface area contributed by atoms with Crippen molar-refractivity contribution in [2.45, 2.75) is 26.4 Å². The molecule has 0 fully saturated rings. The van der Waals surface area contributed by atoms with Crippen molar-refractivity contribution in [3.05, 3.63) is 45.1 Å². The number of aryl methyl sites for hydroxylation is 2. The fraction of sp³-hybridized carbons (Fsp3) is 0.438. The maximum absolute atomic E-state index is 12.6. The molecule has 4 rings (SSSR count). The van der Waals surface area contributed by atoms with Gasteiger partial charge in [-0.15, -0.1) is 11.3 Å². The van der Waals surface area contributed by atoms with Crippen LogP contribution in [0, 0.1) is 6.92 Å². The highest BCUT2D eigenvalue weighted by Crippen LogP contribution is 2.17. The Labute approximate surface area is 138 Å². The Morgan fingerprint density at radius 3 is 2.96 bits per heavy atom. The van der Waals surface area contributed by atoms with E-state index >= 15 is 0 Å². The largest absolute Gasteiger partial charge is 0.297 e. The summed E-state index contributed by atoms with van der Waals surface area (Å²) >= 11 is 1.54. The van der Waals surface area contributed by atoms with Crippen molar-refractivity contribution in [2.24, 2.45) is 7.05 Å². The molecule has 0 atom stereocenters. The van der Waals surface area contributed by atoms with Crippen LogP contribution in [-0.2, 0) is 26.6 Å². The third-order valence-electron chi connectivity index (χ3n) is 4.46. The molecule has 1 aliphatic rings. The van der Waals surface area contributed by atoms with Gasteiger partial charge < -0.3 is 0 Å². The Balaban J connectivity index is 1.60. The van der Waals surface area contributed by atoms with Gasteiger partial charge in [0.15, 0.2) is 0 Å². The van der Waals surface area contributed by atoms with E-state index in [9.17, 15) is 4.79 Å². The third-order valence-corrected chi connectivity index (χ3v) is 5.27. The molecule has 3 aromatic rings. The summed E-state index contributed by atoms with van der Waals surface area (Å²) in [5, 5.41) is 7.09. The molecule has 0 saturated heterocycles. The van der Waals surface area contributed by atoms with Gasteiger partial charge in [-0.3, -0.25) is 18.9 Å². The smallest absolute Gasteiger partial charge is 0.262 e. The van der Waals surface area contributed by atoms with Crippen molar-refractivity contribution in [3.8, 4) is 0 Å². The number of aromatic nitrogens is 4. The molecule has 0 radical (unpaired) electrons. The standard InChI is InChI=1S/C16H19N5OS/c1-11-12(9-19(2)18-11)10-20-5-3-14-17-15-13(4-8-23-15)16(22)21(14)7-6-20/h4,8-9H,3,5-7,10H2,1-2H3. The Hall–Kier alpha value is -1.99. The average molecular weight is 329 g/mol. The Bertz CT molecular complexity index is 922. The molecule has 0 spiro atoms. The number of thiophene rings is 1. The highest BCUT2D eigenvalue weighted by atomic mass is 32.1. The second kappa shape index (κ2) is 5.58. The van der Waals surface area contributed by atoms with Crippen LogP contribution in [0.5, 0.6) is 0 Å². The number of fused-ring (bicyclic) bond motifs is 2. The van der Waals surface area contributed by atoms with Crippen LogP contribution in [0.3, 0.4) is 0 Å². The number of rotatable bonds is 2. The third kappa shape index (κ3) is 2.60. The number of hydrogen-bond donors (Lipinski definition) is 0. The molecule has 0 unspecified atom stereocenters. The maximum Gasteiger partial charge on any atom is 0.262 e. The first-order valence-electron chi connectivity index (χ1n) is 7.80. The van der Waals surface area contributed by atoms with Crippen LogP contribution in [0.2, 0.25) is 0 Å². The van der Waals surface area contributed by atoms with Crippen molar-refractivity contribution < 1.29 is 0 Å². The first-order chi connectivity index (χ1) is 11.1. The number of nitrogens with zero attached hydrogens (tertiary/aromatic N) is 5. The van der Waals surface area contributed by atoms with Gasteiger partial charge >= 0.3 is 0 Å². The van der Waals surface area contributed by atoms with Crippen molar-refractivity contribution in [1.82, 2.24) is 24.2 Å². The van der Waals surface area contributed by atoms with Gasteiger partial charge in [0.25, 0.3) is 5.56 Å². The minimum absolute atomic E-state index is 0.102. The predicted molar refractivity (Wildman–Crippen MR) is 90.8 cm³/mol. The molecule has 0 aromatic carbocycles. The zero-order chi connectivity index (χ0) is 16.0. The Kier molecular flexibility index (Phi) is 3.54. The first kappa shape index (κ1) is 14.6. The molecule has 120 valence electrons. The van der Waals surface area contributed by atoms with E-state index in [1.807, 2.05) is 34.7 Å². The average Bonchev–Trinajstić information content (AvgIpc) is 3.03. The zero-order valence-corrected chi connectivity index (χ0v) is 14.1. The summed E-state index contributed by atoms with van der Waals surface area (Å²) in [5.41, 5.74) is 2.43. The molecule has 1 aliphatic heterocycles. The van der Waals surface area contributed by atoms with E-state index in [-0.39, 0.29) is 5.56 Å². The molecule has 4 heterocycles. The van der Waals surface area contributed by atoms with Crippen molar-refractivity contribution in [3.63, 3.8) is 0 Å². The molecule has 0 N–H and O–H groups in total. The Morgan fingerprint density at radius 1 is 1.30 bits per heavy atom. The second-order valence-electron chi connectivity index (χ2n) is 6.06. The highest BCUT2D eigenvalue weighted by molar-refractivity contribution is 7.16. The predicted octanol–water partition coefficient (Wildman–Crippen LogP) is 1.56. The molecule has 6 nitrogen and oxygen atoms in total. The van der Waals surface area contributed by atoms with E-state index in [1.54, 1.807) is 11.3 Å². The van der Waals surface area contributed by atoms with Crippen LogP contribution in [0.4, 0.5) is 0 Å². The van der Waals surface area contributed by atoms with Crippen molar-refractivity contribution in [1.29, 1.82) is 0 Å². The molecular weight excluding hydrogens is 310 g/mol. The maximum atomic E-state index is 12.6. The van der Waals surface area contributed by atoms with Gasteiger partial charge in [0, 0.05) is 51.4 Å². The normalized spacial score (nSPS) is 15.7. The van der Waals surface area contributed by atoms with E-state index < -0.39 is 0 Å². The van der Waals surface area contributed by atoms with Gasteiger partial charge in [-0.25, -0.2) is 4.98 Å². The van der Waals surface area contributed by atoms with E-state index in [0.717, 1.165) is 47.8 Å². The van der Waals surface area contributed by atoms with Crippen LogP contribution in [0.15, 0.2) is 22.4 Å². The van der Waals surface area contributed by atoms with Gasteiger partial charge in [-0.05, 0) is 18.4 Å². The summed E-state index contributed by atoms with van der Waals surface area (Å²) in [7, 11) is 1.95. The van der Waals surface area contributed by atoms with Crippen LogP contribution in [0.1, 0.15) is 17.1 Å². The zero-order valence-electron chi connectivity index (χ0n) is 13.3. The molecule has 0 bridgehead atoms. The van der Waals surface area contributed by atoms with Crippen LogP contribution in [0.25, 0.3) is 10.2 Å². The minimum atomic E-state index is 0.102. The van der Waals surface area contributed by atoms with Gasteiger partial charge in [-0.1, -0.05) is 0 Å². The lowest BCUT2D eigenvalue weighted by atomic mass is 10.2. The van der Waals surface area contributed by atoms with Crippen LogP contribution >= 0.6 is 11.3 Å². The van der Waals surface area contributed by atoms with E-state index in [4.69, 9.17) is 4.98 Å². The summed E-state index contributed by atoms with van der Waals surface area (Å²) in [5.74, 6) is 0.912. The van der Waals surface area contributed by atoms with Gasteiger partial charge in [-0.2, -0.15) is 5.10 Å². The van der Waals surface area contributed by atoms with E-state index in [2.05, 4.69) is 16.2 Å². The van der Waals surface area contributed by atoms with E-state index in [1.165, 1.54) is 5.56 Å². The number of hydrogen-bond acceptors (Lipinski definition) is 5. The molecule has 3 aromatic heterocycles. The van der Waals surface area contributed by atoms with Crippen LogP contribution in [-0.4, -0.2) is 37.3 Å². The topological polar surface area (TPSA) is 56.0 Å². The summed E-state index contributed by atoms with van der Waals surface area (Å²) in [4.78, 5) is 20.5. The summed E-state index contributed by atoms with van der Waals surface area (Å²) in [6, 6.07) is 1.88. The van der Waals surface area contributed by atoms with Crippen molar-refractivity contribution >= 4 is 21.6 Å².